The number of rotatable bonds is 7. The number of benzene rings is 2. The third-order valence-electron chi connectivity index (χ3n) is 5.67. The fourth-order valence-electron chi connectivity index (χ4n) is 3.27. The summed E-state index contributed by atoms with van der Waals surface area (Å²) in [6.07, 6.45) is 5.00. The van der Waals surface area contributed by atoms with Crippen LogP contribution >= 0.6 is 0 Å². The van der Waals surface area contributed by atoms with Gasteiger partial charge in [0.1, 0.15) is 0 Å². The second kappa shape index (κ2) is 8.38. The molecular formula is C24H21N5O4S. The van der Waals surface area contributed by atoms with E-state index in [2.05, 4.69) is 25.2 Å². The molecule has 34 heavy (non-hydrogen) atoms. The van der Waals surface area contributed by atoms with Crippen molar-refractivity contribution in [2.75, 3.05) is 10.0 Å². The lowest BCUT2D eigenvalue weighted by Gasteiger charge is -2.12. The molecule has 1 saturated carbocycles. The summed E-state index contributed by atoms with van der Waals surface area (Å²) in [6, 6.07) is 16.3. The first-order valence-electron chi connectivity index (χ1n) is 10.6. The number of carbonyl (C=O) groups excluding carboxylic acids is 1. The van der Waals surface area contributed by atoms with Gasteiger partial charge in [0.25, 0.3) is 10.0 Å². The Hall–Kier alpha value is -4.05. The van der Waals surface area contributed by atoms with E-state index in [-0.39, 0.29) is 28.0 Å². The quantitative estimate of drug-likeness (QED) is 0.407. The number of sulfonamides is 1. The summed E-state index contributed by atoms with van der Waals surface area (Å²) in [5.41, 5.74) is 1.83. The Bertz CT molecular complexity index is 1450. The Morgan fingerprint density at radius 3 is 2.29 bits per heavy atom. The first kappa shape index (κ1) is 21.8. The van der Waals surface area contributed by atoms with E-state index in [0.29, 0.717) is 22.5 Å². The molecule has 10 heteroatoms. The fourth-order valence-corrected chi connectivity index (χ4v) is 4.38. The Balaban J connectivity index is 1.31. The second-order valence-corrected chi connectivity index (χ2v) is 10.1. The van der Waals surface area contributed by atoms with Crippen LogP contribution in [0.1, 0.15) is 19.8 Å². The number of pyridine rings is 1. The lowest BCUT2D eigenvalue weighted by molar-refractivity contribution is -0.120. The lowest BCUT2D eigenvalue weighted by atomic mass is 10.1. The van der Waals surface area contributed by atoms with Crippen LogP contribution in [0.15, 0.2) is 82.4 Å². The first-order valence-corrected chi connectivity index (χ1v) is 12.1. The van der Waals surface area contributed by atoms with Gasteiger partial charge in [-0.25, -0.2) is 8.42 Å². The summed E-state index contributed by atoms with van der Waals surface area (Å²) in [5, 5.41) is 10.9. The molecule has 9 nitrogen and oxygen atoms in total. The van der Waals surface area contributed by atoms with Crippen LogP contribution in [0, 0.1) is 5.41 Å². The minimum Gasteiger partial charge on any atom is -0.416 e. The van der Waals surface area contributed by atoms with Gasteiger partial charge in [0.05, 0.1) is 10.5 Å². The van der Waals surface area contributed by atoms with Gasteiger partial charge in [-0.2, -0.15) is 0 Å². The van der Waals surface area contributed by atoms with Crippen LogP contribution in [0.3, 0.4) is 0 Å². The van der Waals surface area contributed by atoms with Crippen LogP contribution in [0.25, 0.3) is 22.9 Å². The molecule has 0 radical (unpaired) electrons. The van der Waals surface area contributed by atoms with Crippen LogP contribution in [0.5, 0.6) is 0 Å². The van der Waals surface area contributed by atoms with Gasteiger partial charge in [-0.05, 0) is 67.4 Å². The molecule has 0 bridgehead atoms. The Morgan fingerprint density at radius 1 is 0.941 bits per heavy atom. The van der Waals surface area contributed by atoms with E-state index in [0.717, 1.165) is 12.8 Å². The highest BCUT2D eigenvalue weighted by atomic mass is 32.2. The van der Waals surface area contributed by atoms with Gasteiger partial charge in [0, 0.05) is 34.7 Å². The van der Waals surface area contributed by atoms with E-state index in [1.54, 1.807) is 60.9 Å². The minimum atomic E-state index is -3.88. The lowest BCUT2D eigenvalue weighted by Crippen LogP contribution is -2.21. The zero-order chi connectivity index (χ0) is 23.8. The third-order valence-corrected chi connectivity index (χ3v) is 7.05. The molecule has 172 valence electrons. The Labute approximate surface area is 196 Å². The van der Waals surface area contributed by atoms with Crippen molar-refractivity contribution in [3.05, 3.63) is 73.1 Å². The summed E-state index contributed by atoms with van der Waals surface area (Å²) in [6.45, 7) is 1.92. The second-order valence-electron chi connectivity index (χ2n) is 8.38. The van der Waals surface area contributed by atoms with Crippen LogP contribution in [-0.2, 0) is 14.8 Å². The molecule has 2 N–H and O–H groups in total. The maximum Gasteiger partial charge on any atom is 0.261 e. The van der Waals surface area contributed by atoms with E-state index in [9.17, 15) is 13.2 Å². The standard InChI is InChI=1S/C24H21N5O4S/c1-24(11-12-24)23(30)26-18-7-9-19(10-8-18)29-34(31,32)20-6-2-4-16(14-20)21-27-28-22(33-21)17-5-3-13-25-15-17/h2-10,13-15,29H,11-12H2,1H3,(H,26,30). The van der Waals surface area contributed by atoms with Gasteiger partial charge < -0.3 is 9.73 Å². The van der Waals surface area contributed by atoms with Gasteiger partial charge in [0.2, 0.25) is 17.7 Å². The molecule has 0 spiro atoms. The number of hydrogen-bond acceptors (Lipinski definition) is 7. The molecule has 0 atom stereocenters. The maximum absolute atomic E-state index is 13.0. The van der Waals surface area contributed by atoms with Crippen molar-refractivity contribution in [3.63, 3.8) is 0 Å². The highest BCUT2D eigenvalue weighted by Crippen LogP contribution is 2.45. The molecule has 4 aromatic rings. The highest BCUT2D eigenvalue weighted by Gasteiger charge is 2.44. The summed E-state index contributed by atoms with van der Waals surface area (Å²) >= 11 is 0. The zero-order valence-electron chi connectivity index (χ0n) is 18.2. The molecule has 0 unspecified atom stereocenters. The van der Waals surface area contributed by atoms with E-state index in [4.69, 9.17) is 4.42 Å². The molecule has 0 saturated heterocycles. The molecule has 2 aromatic heterocycles. The SMILES string of the molecule is CC1(C(=O)Nc2ccc(NS(=O)(=O)c3cccc(-c4nnc(-c5cccnc5)o4)c3)cc2)CC1. The predicted molar refractivity (Wildman–Crippen MR) is 126 cm³/mol. The number of carbonyl (C=O) groups is 1. The van der Waals surface area contributed by atoms with Crippen LogP contribution in [0.2, 0.25) is 0 Å². The van der Waals surface area contributed by atoms with Crippen molar-refractivity contribution in [2.45, 2.75) is 24.7 Å². The summed E-state index contributed by atoms with van der Waals surface area (Å²) in [7, 11) is -3.88. The smallest absolute Gasteiger partial charge is 0.261 e. The molecule has 1 amide bonds. The highest BCUT2D eigenvalue weighted by molar-refractivity contribution is 7.92. The molecule has 2 aromatic carbocycles. The fraction of sp³-hybridized carbons (Fsp3) is 0.167. The van der Waals surface area contributed by atoms with Crippen LogP contribution in [0.4, 0.5) is 11.4 Å². The van der Waals surface area contributed by atoms with Gasteiger partial charge >= 0.3 is 0 Å². The average Bonchev–Trinajstić information content (AvgIpc) is 3.41. The van der Waals surface area contributed by atoms with E-state index in [1.807, 2.05) is 6.92 Å². The van der Waals surface area contributed by atoms with Crippen molar-refractivity contribution in [1.29, 1.82) is 0 Å². The van der Waals surface area contributed by atoms with Crippen molar-refractivity contribution in [1.82, 2.24) is 15.2 Å². The Morgan fingerprint density at radius 2 is 1.62 bits per heavy atom. The number of nitrogens with zero attached hydrogens (tertiary/aromatic N) is 3. The number of hydrogen-bond donors (Lipinski definition) is 2. The van der Waals surface area contributed by atoms with Crippen molar-refractivity contribution >= 4 is 27.3 Å². The monoisotopic (exact) mass is 475 g/mol. The number of anilines is 2. The largest absolute Gasteiger partial charge is 0.416 e. The van der Waals surface area contributed by atoms with Crippen LogP contribution < -0.4 is 10.0 Å². The van der Waals surface area contributed by atoms with Crippen molar-refractivity contribution in [3.8, 4) is 22.9 Å². The molecule has 1 aliphatic carbocycles. The van der Waals surface area contributed by atoms with Gasteiger partial charge in [-0.3, -0.25) is 14.5 Å². The van der Waals surface area contributed by atoms with Gasteiger partial charge in [-0.1, -0.05) is 13.0 Å². The molecule has 0 aliphatic heterocycles. The number of amides is 1. The molecule has 1 fully saturated rings. The molecule has 1 aliphatic rings. The maximum atomic E-state index is 13.0. The zero-order valence-corrected chi connectivity index (χ0v) is 19.0. The molecular weight excluding hydrogens is 454 g/mol. The summed E-state index contributed by atoms with van der Waals surface area (Å²) in [5.74, 6) is 0.461. The number of nitrogens with one attached hydrogen (secondary N) is 2. The normalized spacial score (nSPS) is 14.4. The van der Waals surface area contributed by atoms with E-state index in [1.165, 1.54) is 12.1 Å². The van der Waals surface area contributed by atoms with E-state index < -0.39 is 10.0 Å². The third kappa shape index (κ3) is 4.53. The predicted octanol–water partition coefficient (Wildman–Crippen LogP) is 4.34. The minimum absolute atomic E-state index is 0.0228. The first-order chi connectivity index (χ1) is 16.3. The van der Waals surface area contributed by atoms with E-state index >= 15 is 0 Å². The summed E-state index contributed by atoms with van der Waals surface area (Å²) in [4.78, 5) is 16.3. The summed E-state index contributed by atoms with van der Waals surface area (Å²) < 4.78 is 34.2. The molecule has 5 rings (SSSR count). The molecule has 2 heterocycles. The Kier molecular flexibility index (Phi) is 5.37. The van der Waals surface area contributed by atoms with Gasteiger partial charge in [-0.15, -0.1) is 10.2 Å². The van der Waals surface area contributed by atoms with Crippen LogP contribution in [-0.4, -0.2) is 29.5 Å². The van der Waals surface area contributed by atoms with Gasteiger partial charge in [0.15, 0.2) is 0 Å². The topological polar surface area (TPSA) is 127 Å². The van der Waals surface area contributed by atoms with Crippen molar-refractivity contribution < 1.29 is 17.6 Å². The average molecular weight is 476 g/mol. The van der Waals surface area contributed by atoms with Crippen molar-refractivity contribution in [2.24, 2.45) is 5.41 Å². The number of aromatic nitrogens is 3.